The summed E-state index contributed by atoms with van der Waals surface area (Å²) in [5, 5.41) is 13.1. The molecule has 5 rings (SSSR count). The van der Waals surface area contributed by atoms with E-state index in [1.54, 1.807) is 14.2 Å². The molecule has 0 spiro atoms. The van der Waals surface area contributed by atoms with Crippen molar-refractivity contribution in [3.63, 3.8) is 0 Å². The van der Waals surface area contributed by atoms with E-state index in [-0.39, 0.29) is 6.04 Å². The second-order valence-electron chi connectivity index (χ2n) is 9.88. The smallest absolute Gasteiger partial charge is 0.173 e. The molecule has 1 saturated heterocycles. The summed E-state index contributed by atoms with van der Waals surface area (Å²) in [6.45, 7) is 4.88. The Kier molecular flexibility index (Phi) is 9.03. The molecule has 1 unspecified atom stereocenters. The highest BCUT2D eigenvalue weighted by atomic mass is 16.5. The first-order valence-corrected chi connectivity index (χ1v) is 13.3. The highest BCUT2D eigenvalue weighted by Crippen LogP contribution is 2.35. The van der Waals surface area contributed by atoms with Crippen LogP contribution in [0.1, 0.15) is 63.9 Å². The highest BCUT2D eigenvalue weighted by Gasteiger charge is 2.33. The van der Waals surface area contributed by atoms with E-state index in [4.69, 9.17) is 10.8 Å². The number of hydrogen-bond donors (Lipinski definition) is 0. The lowest BCUT2D eigenvalue weighted by molar-refractivity contribution is 0.0619. The number of rotatable bonds is 9. The summed E-state index contributed by atoms with van der Waals surface area (Å²) >= 11 is 0. The van der Waals surface area contributed by atoms with Gasteiger partial charge in [-0.2, -0.15) is 0 Å². The minimum atomic E-state index is -0.0518. The van der Waals surface area contributed by atoms with Crippen LogP contribution >= 0.6 is 0 Å². The Morgan fingerprint density at radius 2 is 1.68 bits per heavy atom. The summed E-state index contributed by atoms with van der Waals surface area (Å²) in [7, 11) is 4.60. The van der Waals surface area contributed by atoms with E-state index in [0.29, 0.717) is 0 Å². The van der Waals surface area contributed by atoms with Gasteiger partial charge in [0.15, 0.2) is 17.3 Å². The average molecular weight is 508 g/mol. The van der Waals surface area contributed by atoms with Gasteiger partial charge in [0, 0.05) is 40.1 Å². The Labute approximate surface area is 223 Å². The third kappa shape index (κ3) is 6.30. The quantitative estimate of drug-likeness (QED) is 0.419. The predicted octanol–water partition coefficient (Wildman–Crippen LogP) is 4.61. The molecule has 8 heteroatoms. The first-order chi connectivity index (χ1) is 18.8. The molecule has 1 saturated carbocycles. The van der Waals surface area contributed by atoms with Gasteiger partial charge in [0.25, 0.3) is 0 Å². The molecule has 37 heavy (non-hydrogen) atoms. The van der Waals surface area contributed by atoms with Crippen molar-refractivity contribution < 1.29 is 10.8 Å². The van der Waals surface area contributed by atoms with Crippen molar-refractivity contribution in [2.75, 3.05) is 40.4 Å². The Bertz CT molecular complexity index is 1100. The fourth-order valence-corrected chi connectivity index (χ4v) is 5.80. The summed E-state index contributed by atoms with van der Waals surface area (Å²) < 4.78 is 18.9. The maximum atomic E-state index is 5.75. The van der Waals surface area contributed by atoms with Crippen molar-refractivity contribution in [1.29, 1.82) is 0 Å². The number of nitrogens with zero attached hydrogens (tertiary/aromatic N) is 6. The van der Waals surface area contributed by atoms with E-state index in [0.717, 1.165) is 68.1 Å². The molecule has 1 aliphatic heterocycles. The zero-order valence-electron chi connectivity index (χ0n) is 23.6. The molecule has 0 N–H and O–H groups in total. The molecule has 1 atom stereocenters. The maximum absolute atomic E-state index is 5.75. The third-order valence-corrected chi connectivity index (χ3v) is 7.79. The molecule has 2 aromatic carbocycles. The van der Waals surface area contributed by atoms with E-state index < -0.39 is 0 Å². The molecule has 2 heterocycles. The monoisotopic (exact) mass is 507 g/mol. The first kappa shape index (κ1) is 25.7. The Balaban J connectivity index is 0.00000164. The standard InChI is InChI=1S/C28H38N6O2.CH4/c1-35-25-14-13-23(21-26(25)36-2)27(33-19-17-32(18-20-33)24-11-7-4-8-12-24)28-29-30-31-34(28)16-15-22-9-5-3-6-10-22;/h3,5-6,9-10,13-14,21,24,27H,4,7-8,11-12,15-20H2,1-2H3;1H4/i;1D. The zero-order chi connectivity index (χ0) is 26.7. The molecule has 0 radical (unpaired) electrons. The van der Waals surface area contributed by atoms with Crippen LogP contribution in [0.15, 0.2) is 48.5 Å². The van der Waals surface area contributed by atoms with Gasteiger partial charge in [0.05, 0.1) is 20.3 Å². The topological polar surface area (TPSA) is 68.5 Å². The molecule has 1 aliphatic carbocycles. The van der Waals surface area contributed by atoms with E-state index >= 15 is 0 Å². The lowest BCUT2D eigenvalue weighted by Crippen LogP contribution is -2.52. The average Bonchev–Trinajstić information content (AvgIpc) is 3.46. The summed E-state index contributed by atoms with van der Waals surface area (Å²) in [5.74, 6) is 2.33. The molecule has 3 aromatic rings. The van der Waals surface area contributed by atoms with Crippen LogP contribution in [0.4, 0.5) is 0 Å². The van der Waals surface area contributed by atoms with Crippen molar-refractivity contribution in [2.24, 2.45) is 0 Å². The normalized spacial score (nSPS) is 18.4. The van der Waals surface area contributed by atoms with Crippen molar-refractivity contribution >= 4 is 0 Å². The number of piperazine rings is 1. The van der Waals surface area contributed by atoms with Crippen LogP contribution in [0.5, 0.6) is 11.5 Å². The Hall–Kier alpha value is -2.97. The van der Waals surface area contributed by atoms with Crippen molar-refractivity contribution in [1.82, 2.24) is 30.0 Å². The Morgan fingerprint density at radius 3 is 2.38 bits per heavy atom. The largest absolute Gasteiger partial charge is 0.493 e. The van der Waals surface area contributed by atoms with Gasteiger partial charge in [-0.05, 0) is 52.9 Å². The van der Waals surface area contributed by atoms with Crippen LogP contribution in [0.2, 0.25) is 0 Å². The van der Waals surface area contributed by atoms with Crippen LogP contribution in [0.3, 0.4) is 0 Å². The minimum Gasteiger partial charge on any atom is -0.493 e. The van der Waals surface area contributed by atoms with Crippen molar-refractivity contribution in [3.05, 3.63) is 65.5 Å². The van der Waals surface area contributed by atoms with Gasteiger partial charge >= 0.3 is 0 Å². The van der Waals surface area contributed by atoms with Crippen LogP contribution in [-0.2, 0) is 13.0 Å². The highest BCUT2D eigenvalue weighted by molar-refractivity contribution is 5.45. The van der Waals surface area contributed by atoms with Crippen LogP contribution in [0.25, 0.3) is 0 Å². The predicted molar refractivity (Wildman–Crippen MR) is 146 cm³/mol. The van der Waals surface area contributed by atoms with E-state index in [1.807, 2.05) is 16.8 Å². The van der Waals surface area contributed by atoms with E-state index in [2.05, 4.69) is 61.7 Å². The number of hydrogen-bond acceptors (Lipinski definition) is 7. The molecule has 2 fully saturated rings. The molecule has 2 aliphatic rings. The summed E-state index contributed by atoms with van der Waals surface area (Å²) in [5.41, 5.74) is 2.40. The number of aromatic nitrogens is 4. The molecular formula is C29H42N6O2. The lowest BCUT2D eigenvalue weighted by Gasteiger charge is -2.43. The molecule has 8 nitrogen and oxygen atoms in total. The number of ether oxygens (including phenoxy) is 2. The fourth-order valence-electron chi connectivity index (χ4n) is 5.80. The second-order valence-corrected chi connectivity index (χ2v) is 9.88. The number of aryl methyl sites for hydroxylation is 2. The van der Waals surface area contributed by atoms with Gasteiger partial charge in [-0.1, -0.05) is 63.1 Å². The molecule has 1 aromatic heterocycles. The second kappa shape index (κ2) is 13.0. The van der Waals surface area contributed by atoms with Crippen LogP contribution < -0.4 is 9.47 Å². The maximum Gasteiger partial charge on any atom is 0.173 e. The molecular weight excluding hydrogens is 464 g/mol. The van der Waals surface area contributed by atoms with E-state index in [9.17, 15) is 0 Å². The minimum absolute atomic E-state index is 0.0518. The number of tetrazole rings is 1. The molecule has 0 bridgehead atoms. The summed E-state index contributed by atoms with van der Waals surface area (Å²) in [4.78, 5) is 5.24. The number of methoxy groups -OCH3 is 2. The summed E-state index contributed by atoms with van der Waals surface area (Å²) in [6, 6.07) is 17.4. The van der Waals surface area contributed by atoms with Gasteiger partial charge in [-0.25, -0.2) is 4.68 Å². The SMILES string of the molecule is COc1ccc(C(c2nnnn2CCc2ccccc2)N2CCN(C3CCCCC3)CC2)cc1OC.[2H]C. The lowest BCUT2D eigenvalue weighted by atomic mass is 9.93. The first-order valence-electron chi connectivity index (χ1n) is 14.3. The van der Waals surface area contributed by atoms with Gasteiger partial charge in [-0.3, -0.25) is 9.80 Å². The van der Waals surface area contributed by atoms with E-state index in [1.165, 1.54) is 45.1 Å². The van der Waals surface area contributed by atoms with Gasteiger partial charge in [-0.15, -0.1) is 5.10 Å². The third-order valence-electron chi connectivity index (χ3n) is 7.79. The Morgan fingerprint density at radius 1 is 0.946 bits per heavy atom. The van der Waals surface area contributed by atoms with Gasteiger partial charge < -0.3 is 9.47 Å². The number of benzene rings is 2. The molecule has 0 amide bonds. The van der Waals surface area contributed by atoms with Crippen LogP contribution in [-0.4, -0.2) is 76.4 Å². The van der Waals surface area contributed by atoms with Gasteiger partial charge in [0.2, 0.25) is 0 Å². The van der Waals surface area contributed by atoms with Crippen molar-refractivity contribution in [3.8, 4) is 11.5 Å². The van der Waals surface area contributed by atoms with Gasteiger partial charge in [0.1, 0.15) is 0 Å². The molecule has 200 valence electrons. The van der Waals surface area contributed by atoms with Crippen LogP contribution in [0, 0.1) is 0 Å². The summed E-state index contributed by atoms with van der Waals surface area (Å²) in [6.07, 6.45) is 7.70. The zero-order valence-corrected chi connectivity index (χ0v) is 22.6. The fraction of sp³-hybridized carbons (Fsp3) is 0.552. The van der Waals surface area contributed by atoms with Crippen molar-refractivity contribution in [2.45, 2.75) is 64.6 Å².